The molecule has 0 spiro atoms. The largest absolute Gasteiger partial charge is 0.324 e. The highest BCUT2D eigenvalue weighted by atomic mass is 19.2. The molecule has 2 rings (SSSR count). The zero-order chi connectivity index (χ0) is 14.0. The Hall–Kier alpha value is -2.31. The predicted molar refractivity (Wildman–Crippen MR) is 60.9 cm³/mol. The topological polar surface area (TPSA) is 66.5 Å². The number of nitrogens with one attached hydrogen (secondary N) is 1. The van der Waals surface area contributed by atoms with Gasteiger partial charge in [0.25, 0.3) is 0 Å². The Balaban J connectivity index is 1.99. The molecule has 0 aromatic heterocycles. The summed E-state index contributed by atoms with van der Waals surface area (Å²) < 4.78 is 25.6. The molecule has 5 nitrogen and oxygen atoms in total. The predicted octanol–water partition coefficient (Wildman–Crippen LogP) is 1.05. The Morgan fingerprint density at radius 1 is 1.16 bits per heavy atom. The van der Waals surface area contributed by atoms with Crippen molar-refractivity contribution in [2.45, 2.75) is 12.8 Å². The van der Waals surface area contributed by atoms with Gasteiger partial charge in [0, 0.05) is 24.6 Å². The molecule has 3 amide bonds. The molecule has 1 heterocycles. The fraction of sp³-hybridized carbons (Fsp3) is 0.250. The Morgan fingerprint density at radius 2 is 1.79 bits per heavy atom. The third-order valence-electron chi connectivity index (χ3n) is 2.66. The van der Waals surface area contributed by atoms with Gasteiger partial charge in [-0.25, -0.2) is 8.78 Å². The maximum atomic E-state index is 12.9. The van der Waals surface area contributed by atoms with E-state index in [0.29, 0.717) is 0 Å². The zero-order valence-corrected chi connectivity index (χ0v) is 9.78. The van der Waals surface area contributed by atoms with Crippen LogP contribution in [0.15, 0.2) is 18.2 Å². The summed E-state index contributed by atoms with van der Waals surface area (Å²) in [5, 5.41) is 2.29. The summed E-state index contributed by atoms with van der Waals surface area (Å²) >= 11 is 0. The van der Waals surface area contributed by atoms with Crippen LogP contribution in [-0.2, 0) is 14.4 Å². The number of anilines is 1. The minimum Gasteiger partial charge on any atom is -0.324 e. The second-order valence-corrected chi connectivity index (χ2v) is 4.05. The van der Waals surface area contributed by atoms with Gasteiger partial charge >= 0.3 is 0 Å². The first-order valence-electron chi connectivity index (χ1n) is 5.55. The van der Waals surface area contributed by atoms with Crippen molar-refractivity contribution in [3.63, 3.8) is 0 Å². The minimum atomic E-state index is -1.09. The van der Waals surface area contributed by atoms with Crippen molar-refractivity contribution in [2.75, 3.05) is 11.9 Å². The quantitative estimate of drug-likeness (QED) is 0.833. The zero-order valence-electron chi connectivity index (χ0n) is 9.78. The van der Waals surface area contributed by atoms with Crippen LogP contribution < -0.4 is 5.32 Å². The first-order chi connectivity index (χ1) is 8.97. The van der Waals surface area contributed by atoms with E-state index in [0.717, 1.165) is 17.0 Å². The van der Waals surface area contributed by atoms with Crippen LogP contribution in [0.1, 0.15) is 12.8 Å². The van der Waals surface area contributed by atoms with E-state index in [9.17, 15) is 23.2 Å². The lowest BCUT2D eigenvalue weighted by Gasteiger charge is -2.13. The Bertz CT molecular complexity index is 544. The van der Waals surface area contributed by atoms with Crippen molar-refractivity contribution >= 4 is 23.4 Å². The molecule has 0 saturated carbocycles. The molecule has 7 heteroatoms. The van der Waals surface area contributed by atoms with Crippen molar-refractivity contribution in [3.05, 3.63) is 29.8 Å². The minimum absolute atomic E-state index is 0.0583. The molecule has 0 bridgehead atoms. The molecular weight excluding hydrogens is 258 g/mol. The molecule has 0 aliphatic carbocycles. The number of imide groups is 1. The molecular formula is C12H10F2N2O3. The number of hydrogen-bond acceptors (Lipinski definition) is 3. The summed E-state index contributed by atoms with van der Waals surface area (Å²) in [6.07, 6.45) is 0.189. The lowest BCUT2D eigenvalue weighted by molar-refractivity contribution is -0.141. The number of nitrogens with zero attached hydrogens (tertiary/aromatic N) is 1. The fourth-order valence-electron chi connectivity index (χ4n) is 1.72. The molecule has 1 aromatic rings. The van der Waals surface area contributed by atoms with E-state index < -0.39 is 35.9 Å². The Labute approximate surface area is 107 Å². The second kappa shape index (κ2) is 5.13. The van der Waals surface area contributed by atoms with Crippen molar-refractivity contribution in [1.29, 1.82) is 0 Å². The summed E-state index contributed by atoms with van der Waals surface area (Å²) in [5.74, 6) is -3.58. The number of rotatable bonds is 3. The van der Waals surface area contributed by atoms with Crippen LogP contribution in [0.25, 0.3) is 0 Å². The first-order valence-corrected chi connectivity index (χ1v) is 5.55. The van der Waals surface area contributed by atoms with Crippen LogP contribution in [0.4, 0.5) is 14.5 Å². The van der Waals surface area contributed by atoms with E-state index in [1.165, 1.54) is 6.07 Å². The van der Waals surface area contributed by atoms with Crippen LogP contribution in [0.3, 0.4) is 0 Å². The monoisotopic (exact) mass is 268 g/mol. The molecule has 1 fully saturated rings. The number of likely N-dealkylation sites (tertiary alicyclic amines) is 1. The average Bonchev–Trinajstić information content (AvgIpc) is 2.66. The molecule has 1 aliphatic heterocycles. The van der Waals surface area contributed by atoms with E-state index in [-0.39, 0.29) is 18.5 Å². The van der Waals surface area contributed by atoms with Crippen LogP contribution in [0.5, 0.6) is 0 Å². The van der Waals surface area contributed by atoms with Crippen molar-refractivity contribution < 1.29 is 23.2 Å². The van der Waals surface area contributed by atoms with Crippen LogP contribution in [-0.4, -0.2) is 29.2 Å². The lowest BCUT2D eigenvalue weighted by atomic mass is 10.3. The van der Waals surface area contributed by atoms with Crippen LogP contribution >= 0.6 is 0 Å². The van der Waals surface area contributed by atoms with E-state index >= 15 is 0 Å². The summed E-state index contributed by atoms with van der Waals surface area (Å²) in [6.45, 7) is -0.420. The SMILES string of the molecule is O=C(CN1C(=O)CCC1=O)Nc1ccc(F)c(F)c1. The van der Waals surface area contributed by atoms with Gasteiger partial charge in [-0.05, 0) is 12.1 Å². The first kappa shape index (κ1) is 13.1. The highest BCUT2D eigenvalue weighted by Gasteiger charge is 2.30. The molecule has 19 heavy (non-hydrogen) atoms. The number of carbonyl (C=O) groups excluding carboxylic acids is 3. The third kappa shape index (κ3) is 2.93. The second-order valence-electron chi connectivity index (χ2n) is 4.05. The maximum Gasteiger partial charge on any atom is 0.244 e. The standard InChI is InChI=1S/C12H10F2N2O3/c13-8-2-1-7(5-9(8)14)15-10(17)6-16-11(18)3-4-12(16)19/h1-2,5H,3-4,6H2,(H,15,17). The van der Waals surface area contributed by atoms with E-state index in [4.69, 9.17) is 0 Å². The normalized spacial score (nSPS) is 14.9. The highest BCUT2D eigenvalue weighted by Crippen LogP contribution is 2.14. The van der Waals surface area contributed by atoms with Gasteiger partial charge in [0.1, 0.15) is 6.54 Å². The smallest absolute Gasteiger partial charge is 0.244 e. The third-order valence-corrected chi connectivity index (χ3v) is 2.66. The van der Waals surface area contributed by atoms with Crippen molar-refractivity contribution in [1.82, 2.24) is 4.90 Å². The number of hydrogen-bond donors (Lipinski definition) is 1. The van der Waals surface area contributed by atoms with Crippen molar-refractivity contribution in [3.8, 4) is 0 Å². The maximum absolute atomic E-state index is 12.9. The average molecular weight is 268 g/mol. The van der Waals surface area contributed by atoms with E-state index in [1.54, 1.807) is 0 Å². The van der Waals surface area contributed by atoms with Gasteiger partial charge in [0.05, 0.1) is 0 Å². The summed E-state index contributed by atoms with van der Waals surface area (Å²) in [4.78, 5) is 35.0. The summed E-state index contributed by atoms with van der Waals surface area (Å²) in [5.41, 5.74) is 0.0583. The van der Waals surface area contributed by atoms with E-state index in [1.807, 2.05) is 0 Å². The summed E-state index contributed by atoms with van der Waals surface area (Å²) in [7, 11) is 0. The highest BCUT2D eigenvalue weighted by molar-refractivity contribution is 6.06. The lowest BCUT2D eigenvalue weighted by Crippen LogP contribution is -2.36. The molecule has 0 unspecified atom stereocenters. The molecule has 1 aliphatic rings. The Morgan fingerprint density at radius 3 is 2.37 bits per heavy atom. The van der Waals surface area contributed by atoms with Gasteiger partial charge in [-0.1, -0.05) is 0 Å². The van der Waals surface area contributed by atoms with Crippen molar-refractivity contribution in [2.24, 2.45) is 0 Å². The van der Waals surface area contributed by atoms with Gasteiger partial charge in [-0.3, -0.25) is 19.3 Å². The van der Waals surface area contributed by atoms with Gasteiger partial charge in [-0.15, -0.1) is 0 Å². The molecule has 0 atom stereocenters. The number of amides is 3. The van der Waals surface area contributed by atoms with E-state index in [2.05, 4.69) is 5.32 Å². The molecule has 1 aromatic carbocycles. The van der Waals surface area contributed by atoms with Crippen LogP contribution in [0, 0.1) is 11.6 Å². The number of carbonyl (C=O) groups is 3. The van der Waals surface area contributed by atoms with Crippen LogP contribution in [0.2, 0.25) is 0 Å². The Kier molecular flexibility index (Phi) is 3.55. The fourth-order valence-corrected chi connectivity index (χ4v) is 1.72. The molecule has 100 valence electrons. The van der Waals surface area contributed by atoms with Gasteiger partial charge < -0.3 is 5.32 Å². The van der Waals surface area contributed by atoms with Gasteiger partial charge in [0.15, 0.2) is 11.6 Å². The number of halogens is 2. The molecule has 0 radical (unpaired) electrons. The number of benzene rings is 1. The van der Waals surface area contributed by atoms with Gasteiger partial charge in [-0.2, -0.15) is 0 Å². The molecule has 1 saturated heterocycles. The van der Waals surface area contributed by atoms with Gasteiger partial charge in [0.2, 0.25) is 17.7 Å². The molecule has 1 N–H and O–H groups in total. The summed E-state index contributed by atoms with van der Waals surface area (Å²) in [6, 6.07) is 2.88.